The Morgan fingerprint density at radius 3 is 2.64 bits per heavy atom. The molecule has 2 aromatic rings. The highest BCUT2D eigenvalue weighted by Gasteiger charge is 2.36. The summed E-state index contributed by atoms with van der Waals surface area (Å²) in [6, 6.07) is 0.956. The van der Waals surface area contributed by atoms with Crippen molar-refractivity contribution in [3.05, 3.63) is 51.8 Å². The van der Waals surface area contributed by atoms with E-state index in [9.17, 15) is 19.1 Å². The van der Waals surface area contributed by atoms with Gasteiger partial charge in [-0.1, -0.05) is 12.2 Å². The molecule has 2 heterocycles. The normalized spacial score (nSPS) is 24.0. The lowest BCUT2D eigenvalue weighted by atomic mass is 9.87. The van der Waals surface area contributed by atoms with Crippen LogP contribution in [0.3, 0.4) is 0 Å². The average molecular weight is 386 g/mol. The number of carboxylic acid groups (broad SMARTS) is 1. The van der Waals surface area contributed by atoms with Crippen LogP contribution in [0.1, 0.15) is 42.1 Å². The second-order valence-electron chi connectivity index (χ2n) is 8.07. The van der Waals surface area contributed by atoms with E-state index in [0.717, 1.165) is 31.7 Å². The average Bonchev–Trinajstić information content (AvgIpc) is 3.41. The Morgan fingerprint density at radius 2 is 1.96 bits per heavy atom. The summed E-state index contributed by atoms with van der Waals surface area (Å²) >= 11 is 0. The molecule has 7 heteroatoms. The molecule has 0 bridgehead atoms. The highest BCUT2D eigenvalue weighted by molar-refractivity contribution is 5.94. The molecule has 1 N–H and O–H groups in total. The van der Waals surface area contributed by atoms with E-state index in [1.807, 2.05) is 0 Å². The third kappa shape index (κ3) is 2.56. The number of allylic oxidation sites excluding steroid dienone is 1. The number of benzene rings is 1. The van der Waals surface area contributed by atoms with E-state index in [4.69, 9.17) is 0 Å². The second-order valence-corrected chi connectivity index (χ2v) is 8.07. The minimum Gasteiger partial charge on any atom is -0.477 e. The van der Waals surface area contributed by atoms with Crippen molar-refractivity contribution in [3.63, 3.8) is 0 Å². The maximum Gasteiger partial charge on any atom is 0.341 e. The number of hydrogen-bond donors (Lipinski definition) is 1. The zero-order chi connectivity index (χ0) is 19.6. The number of hydrogen-bond acceptors (Lipinski definition) is 3. The molecule has 146 valence electrons. The molecule has 0 amide bonds. The van der Waals surface area contributed by atoms with Crippen molar-refractivity contribution in [3.8, 4) is 0 Å². The molecule has 1 aliphatic heterocycles. The Hall–Kier alpha value is -2.70. The van der Waals surface area contributed by atoms with E-state index >= 15 is 4.39 Å². The van der Waals surface area contributed by atoms with Crippen molar-refractivity contribution in [2.24, 2.45) is 11.8 Å². The van der Waals surface area contributed by atoms with Crippen LogP contribution in [0.4, 0.5) is 14.5 Å². The number of nitrogens with zero attached hydrogens (tertiary/aromatic N) is 2. The van der Waals surface area contributed by atoms with Crippen LogP contribution < -0.4 is 10.3 Å². The van der Waals surface area contributed by atoms with E-state index < -0.39 is 28.6 Å². The van der Waals surface area contributed by atoms with Crippen LogP contribution in [-0.4, -0.2) is 28.7 Å². The quantitative estimate of drug-likeness (QED) is 0.817. The molecule has 5 nitrogen and oxygen atoms in total. The second kappa shape index (κ2) is 6.15. The van der Waals surface area contributed by atoms with Crippen LogP contribution in [-0.2, 0) is 0 Å². The predicted octanol–water partition coefficient (Wildman–Crippen LogP) is 3.72. The Morgan fingerprint density at radius 1 is 1.18 bits per heavy atom. The van der Waals surface area contributed by atoms with Gasteiger partial charge < -0.3 is 14.6 Å². The molecule has 2 aliphatic carbocycles. The molecule has 2 unspecified atom stereocenters. The summed E-state index contributed by atoms with van der Waals surface area (Å²) in [7, 11) is 0. The van der Waals surface area contributed by atoms with Gasteiger partial charge in [0, 0.05) is 25.3 Å². The first-order chi connectivity index (χ1) is 13.5. The van der Waals surface area contributed by atoms with Crippen LogP contribution >= 0.6 is 0 Å². The Labute approximate surface area is 159 Å². The van der Waals surface area contributed by atoms with Gasteiger partial charge in [0.15, 0.2) is 5.82 Å². The first kappa shape index (κ1) is 17.4. The van der Waals surface area contributed by atoms with Crippen molar-refractivity contribution in [2.75, 3.05) is 18.0 Å². The van der Waals surface area contributed by atoms with Gasteiger partial charge in [0.1, 0.15) is 17.1 Å². The summed E-state index contributed by atoms with van der Waals surface area (Å²) in [5.74, 6) is -2.31. The molecule has 0 radical (unpaired) electrons. The number of aromatic nitrogens is 1. The van der Waals surface area contributed by atoms with Gasteiger partial charge >= 0.3 is 5.97 Å². The topological polar surface area (TPSA) is 62.5 Å². The molecular weight excluding hydrogens is 366 g/mol. The number of rotatable bonds is 3. The van der Waals surface area contributed by atoms with Crippen molar-refractivity contribution in [1.29, 1.82) is 0 Å². The molecule has 28 heavy (non-hydrogen) atoms. The van der Waals surface area contributed by atoms with Gasteiger partial charge in [-0.2, -0.15) is 0 Å². The molecule has 1 saturated heterocycles. The standard InChI is InChI=1S/C21H20F2N2O3/c22-16-7-14-18(25(13-5-6-13)10-15(20(14)26)21(27)28)17(23)19(16)24-8-11-3-1-2-4-12(11)9-24/h1,3,7,10-13H,2,4-6,8-9H2,(H,27,28). The van der Waals surface area contributed by atoms with Gasteiger partial charge in [-0.25, -0.2) is 13.6 Å². The van der Waals surface area contributed by atoms with Gasteiger partial charge in [-0.15, -0.1) is 0 Å². The lowest BCUT2D eigenvalue weighted by molar-refractivity contribution is 0.0695. The first-order valence-corrected chi connectivity index (χ1v) is 9.67. The van der Waals surface area contributed by atoms with Gasteiger partial charge in [0.05, 0.1) is 10.9 Å². The molecule has 1 aromatic heterocycles. The SMILES string of the molecule is O=C(O)c1cn(C2CC2)c2c(F)c(N3CC4C=CCCC4C3)c(F)cc2c1=O. The molecule has 2 atom stereocenters. The van der Waals surface area contributed by atoms with Gasteiger partial charge in [0.25, 0.3) is 0 Å². The van der Waals surface area contributed by atoms with Crippen molar-refractivity contribution in [2.45, 2.75) is 31.7 Å². The van der Waals surface area contributed by atoms with E-state index in [2.05, 4.69) is 12.2 Å². The monoisotopic (exact) mass is 386 g/mol. The number of aromatic carboxylic acids is 1. The molecule has 1 aromatic carbocycles. The Bertz CT molecular complexity index is 1090. The smallest absolute Gasteiger partial charge is 0.341 e. The third-order valence-electron chi connectivity index (χ3n) is 6.25. The van der Waals surface area contributed by atoms with E-state index in [1.165, 1.54) is 10.8 Å². The van der Waals surface area contributed by atoms with E-state index in [-0.39, 0.29) is 28.6 Å². The van der Waals surface area contributed by atoms with E-state index in [0.29, 0.717) is 19.0 Å². The van der Waals surface area contributed by atoms with Crippen molar-refractivity contribution < 1.29 is 18.7 Å². The van der Waals surface area contributed by atoms with Crippen LogP contribution in [0.2, 0.25) is 0 Å². The zero-order valence-corrected chi connectivity index (χ0v) is 15.2. The summed E-state index contributed by atoms with van der Waals surface area (Å²) in [4.78, 5) is 25.7. The van der Waals surface area contributed by atoms with E-state index in [1.54, 1.807) is 4.90 Å². The number of anilines is 1. The molecule has 1 saturated carbocycles. The summed E-state index contributed by atoms with van der Waals surface area (Å²) in [5.41, 5.74) is -1.39. The summed E-state index contributed by atoms with van der Waals surface area (Å²) < 4.78 is 32.1. The maximum absolute atomic E-state index is 15.6. The number of halogens is 2. The number of pyridine rings is 1. The van der Waals surface area contributed by atoms with Crippen molar-refractivity contribution in [1.82, 2.24) is 4.57 Å². The summed E-state index contributed by atoms with van der Waals surface area (Å²) in [6.45, 7) is 1.12. The first-order valence-electron chi connectivity index (χ1n) is 9.67. The fourth-order valence-corrected chi connectivity index (χ4v) is 4.70. The Balaban J connectivity index is 1.71. The molecule has 0 spiro atoms. The summed E-state index contributed by atoms with van der Waals surface area (Å²) in [6.07, 6.45) is 9.01. The van der Waals surface area contributed by atoms with Crippen LogP contribution in [0.25, 0.3) is 10.9 Å². The number of carbonyl (C=O) groups is 1. The van der Waals surface area contributed by atoms with Crippen molar-refractivity contribution >= 4 is 22.6 Å². The number of fused-ring (bicyclic) bond motifs is 2. The fraction of sp³-hybridized carbons (Fsp3) is 0.429. The highest BCUT2D eigenvalue weighted by Crippen LogP contribution is 2.41. The Kier molecular flexibility index (Phi) is 3.82. The zero-order valence-electron chi connectivity index (χ0n) is 15.2. The van der Waals surface area contributed by atoms with Gasteiger partial charge in [0.2, 0.25) is 5.43 Å². The van der Waals surface area contributed by atoms with Gasteiger partial charge in [-0.05, 0) is 43.6 Å². The lowest BCUT2D eigenvalue weighted by Crippen LogP contribution is -2.25. The number of carboxylic acids is 1. The molecule has 2 fully saturated rings. The minimum atomic E-state index is -1.39. The van der Waals surface area contributed by atoms with Gasteiger partial charge in [-0.3, -0.25) is 4.79 Å². The third-order valence-corrected chi connectivity index (χ3v) is 6.25. The largest absolute Gasteiger partial charge is 0.477 e. The molecule has 3 aliphatic rings. The lowest BCUT2D eigenvalue weighted by Gasteiger charge is -2.22. The van der Waals surface area contributed by atoms with Crippen LogP contribution in [0.15, 0.2) is 29.2 Å². The van der Waals surface area contributed by atoms with Crippen LogP contribution in [0.5, 0.6) is 0 Å². The molecule has 5 rings (SSSR count). The van der Waals surface area contributed by atoms with Crippen LogP contribution in [0, 0.1) is 23.5 Å². The molecular formula is C21H20F2N2O3. The summed E-state index contributed by atoms with van der Waals surface area (Å²) in [5, 5.41) is 9.11. The fourth-order valence-electron chi connectivity index (χ4n) is 4.70. The predicted molar refractivity (Wildman–Crippen MR) is 101 cm³/mol. The minimum absolute atomic E-state index is 0.0133. The highest BCUT2D eigenvalue weighted by atomic mass is 19.1. The maximum atomic E-state index is 15.6.